The van der Waals surface area contributed by atoms with Crippen LogP contribution in [0.4, 0.5) is 0 Å². The summed E-state index contributed by atoms with van der Waals surface area (Å²) in [5.41, 5.74) is 3.18. The predicted octanol–water partition coefficient (Wildman–Crippen LogP) is 3.40. The molecule has 0 atom stereocenters. The number of nitrogens with zero attached hydrogens (tertiary/aromatic N) is 2. The van der Waals surface area contributed by atoms with Gasteiger partial charge in [-0.3, -0.25) is 0 Å². The molecule has 0 fully saturated rings. The third kappa shape index (κ3) is 2.72. The van der Waals surface area contributed by atoms with Crippen LogP contribution in [-0.4, -0.2) is 9.97 Å². The number of nitrogens with one attached hydrogen (secondary N) is 1. The minimum absolute atomic E-state index is 0.547. The average Bonchev–Trinajstić information content (AvgIpc) is 3.11. The van der Waals surface area contributed by atoms with E-state index in [-0.39, 0.29) is 0 Å². The highest BCUT2D eigenvalue weighted by molar-refractivity contribution is 5.75. The van der Waals surface area contributed by atoms with Crippen molar-refractivity contribution >= 4 is 11.0 Å². The van der Waals surface area contributed by atoms with Gasteiger partial charge in [0.15, 0.2) is 0 Å². The Hall–Kier alpha value is -2.54. The van der Waals surface area contributed by atoms with Gasteiger partial charge in [-0.05, 0) is 36.2 Å². The maximum Gasteiger partial charge on any atom is 0.107 e. The molecule has 1 aromatic carbocycles. The molecule has 2 heterocycles. The van der Waals surface area contributed by atoms with Crippen molar-refractivity contribution in [2.24, 2.45) is 0 Å². The lowest BCUT2D eigenvalue weighted by atomic mass is 10.1. The highest BCUT2D eigenvalue weighted by Crippen LogP contribution is 2.16. The van der Waals surface area contributed by atoms with Crippen molar-refractivity contribution in [3.63, 3.8) is 0 Å². The van der Waals surface area contributed by atoms with E-state index in [9.17, 15) is 0 Å². The Morgan fingerprint density at radius 2 is 2.15 bits per heavy atom. The van der Waals surface area contributed by atoms with Gasteiger partial charge in [-0.15, -0.1) is 0 Å². The summed E-state index contributed by atoms with van der Waals surface area (Å²) < 4.78 is 5.32. The second kappa shape index (κ2) is 5.62. The second-order valence-electron chi connectivity index (χ2n) is 4.77. The van der Waals surface area contributed by atoms with Crippen LogP contribution >= 0.6 is 0 Å². The molecular weight excluding hydrogens is 250 g/mol. The molecule has 0 aliphatic carbocycles. The first-order valence-electron chi connectivity index (χ1n) is 6.72. The van der Waals surface area contributed by atoms with Gasteiger partial charge in [0.2, 0.25) is 0 Å². The third-order valence-corrected chi connectivity index (χ3v) is 3.31. The van der Waals surface area contributed by atoms with Crippen LogP contribution in [-0.2, 0) is 19.3 Å². The molecule has 0 aliphatic rings. The van der Waals surface area contributed by atoms with Crippen molar-refractivity contribution in [3.05, 3.63) is 53.7 Å². The van der Waals surface area contributed by atoms with Crippen LogP contribution in [0.2, 0.25) is 0 Å². The van der Waals surface area contributed by atoms with E-state index in [2.05, 4.69) is 22.1 Å². The van der Waals surface area contributed by atoms with Crippen LogP contribution in [0.1, 0.15) is 23.6 Å². The number of furan rings is 1. The number of aromatic amines is 1. The average molecular weight is 265 g/mol. The Morgan fingerprint density at radius 3 is 2.95 bits per heavy atom. The maximum absolute atomic E-state index is 8.63. The van der Waals surface area contributed by atoms with Gasteiger partial charge in [0.05, 0.1) is 23.4 Å². The van der Waals surface area contributed by atoms with E-state index in [1.807, 2.05) is 24.3 Å². The summed E-state index contributed by atoms with van der Waals surface area (Å²) in [6, 6.07) is 12.2. The smallest absolute Gasteiger partial charge is 0.107 e. The van der Waals surface area contributed by atoms with E-state index in [0.717, 1.165) is 41.9 Å². The number of rotatable bonds is 5. The van der Waals surface area contributed by atoms with Crippen LogP contribution in [0.15, 0.2) is 41.0 Å². The number of aromatic nitrogens is 2. The van der Waals surface area contributed by atoms with E-state index in [0.29, 0.717) is 6.42 Å². The fraction of sp³-hybridized carbons (Fsp3) is 0.250. The maximum atomic E-state index is 8.63. The lowest BCUT2D eigenvalue weighted by molar-refractivity contribution is 0.507. The van der Waals surface area contributed by atoms with Crippen molar-refractivity contribution in [2.45, 2.75) is 25.7 Å². The molecule has 0 saturated heterocycles. The van der Waals surface area contributed by atoms with E-state index >= 15 is 0 Å². The minimum Gasteiger partial charge on any atom is -0.469 e. The first-order chi connectivity index (χ1) is 9.85. The van der Waals surface area contributed by atoms with Crippen molar-refractivity contribution in [1.29, 1.82) is 5.26 Å². The number of benzene rings is 1. The zero-order chi connectivity index (χ0) is 13.8. The first-order valence-corrected chi connectivity index (χ1v) is 6.72. The minimum atomic E-state index is 0.547. The number of H-pyrrole nitrogens is 1. The number of aryl methyl sites for hydroxylation is 3. The summed E-state index contributed by atoms with van der Waals surface area (Å²) in [7, 11) is 0. The summed E-state index contributed by atoms with van der Waals surface area (Å²) in [6.45, 7) is 0. The van der Waals surface area contributed by atoms with E-state index in [4.69, 9.17) is 9.68 Å². The number of hydrogen-bond acceptors (Lipinski definition) is 3. The molecule has 0 aliphatic heterocycles. The van der Waals surface area contributed by atoms with E-state index < -0.39 is 0 Å². The molecule has 0 radical (unpaired) electrons. The van der Waals surface area contributed by atoms with Gasteiger partial charge in [0.1, 0.15) is 11.6 Å². The number of imidazole rings is 1. The fourth-order valence-corrected chi connectivity index (χ4v) is 2.28. The normalized spacial score (nSPS) is 10.8. The molecule has 4 heteroatoms. The van der Waals surface area contributed by atoms with E-state index in [1.54, 1.807) is 6.26 Å². The molecule has 100 valence electrons. The SMILES string of the molecule is N#CCCc1ccc2nc(CCc3ccco3)[nH]c2c1. The third-order valence-electron chi connectivity index (χ3n) is 3.31. The molecule has 0 amide bonds. The zero-order valence-corrected chi connectivity index (χ0v) is 11.1. The largest absolute Gasteiger partial charge is 0.469 e. The van der Waals surface area contributed by atoms with Gasteiger partial charge < -0.3 is 9.40 Å². The van der Waals surface area contributed by atoms with Crippen LogP contribution in [0, 0.1) is 11.3 Å². The molecule has 1 N–H and O–H groups in total. The number of fused-ring (bicyclic) bond motifs is 1. The summed E-state index contributed by atoms with van der Waals surface area (Å²) in [5, 5.41) is 8.63. The standard InChI is InChI=1S/C16H15N3O/c17-9-1-3-12-5-7-14-15(11-12)19-16(18-14)8-6-13-4-2-10-20-13/h2,4-5,7,10-11H,1,3,6,8H2,(H,18,19). The molecule has 20 heavy (non-hydrogen) atoms. The molecule has 0 bridgehead atoms. The van der Waals surface area contributed by atoms with Gasteiger partial charge in [-0.25, -0.2) is 4.98 Å². The molecule has 3 aromatic rings. The Kier molecular flexibility index (Phi) is 3.51. The molecule has 0 spiro atoms. The summed E-state index contributed by atoms with van der Waals surface area (Å²) in [6.07, 6.45) is 4.69. The Morgan fingerprint density at radius 1 is 1.20 bits per heavy atom. The van der Waals surface area contributed by atoms with Crippen molar-refractivity contribution < 1.29 is 4.42 Å². The van der Waals surface area contributed by atoms with Crippen molar-refractivity contribution in [3.8, 4) is 6.07 Å². The Bertz CT molecular complexity index is 735. The lowest BCUT2D eigenvalue weighted by Gasteiger charge is -1.96. The molecule has 0 saturated carbocycles. The molecule has 2 aromatic heterocycles. The lowest BCUT2D eigenvalue weighted by Crippen LogP contribution is -1.91. The Balaban J connectivity index is 1.74. The van der Waals surface area contributed by atoms with Crippen molar-refractivity contribution in [1.82, 2.24) is 9.97 Å². The van der Waals surface area contributed by atoms with Crippen LogP contribution < -0.4 is 0 Å². The number of hydrogen-bond donors (Lipinski definition) is 1. The highest BCUT2D eigenvalue weighted by Gasteiger charge is 2.05. The highest BCUT2D eigenvalue weighted by atomic mass is 16.3. The molecule has 4 nitrogen and oxygen atoms in total. The van der Waals surface area contributed by atoms with Gasteiger partial charge in [0.25, 0.3) is 0 Å². The quantitative estimate of drug-likeness (QED) is 0.768. The molecular formula is C16H15N3O. The summed E-state index contributed by atoms with van der Waals surface area (Å²) in [5.74, 6) is 1.94. The van der Waals surface area contributed by atoms with Gasteiger partial charge >= 0.3 is 0 Å². The van der Waals surface area contributed by atoms with Crippen LogP contribution in [0.3, 0.4) is 0 Å². The number of nitriles is 1. The second-order valence-corrected chi connectivity index (χ2v) is 4.77. The molecule has 0 unspecified atom stereocenters. The van der Waals surface area contributed by atoms with Crippen LogP contribution in [0.5, 0.6) is 0 Å². The molecule has 3 rings (SSSR count). The Labute approximate surface area is 117 Å². The van der Waals surface area contributed by atoms with Gasteiger partial charge in [0, 0.05) is 19.3 Å². The first kappa shape index (κ1) is 12.5. The van der Waals surface area contributed by atoms with E-state index in [1.165, 1.54) is 5.56 Å². The van der Waals surface area contributed by atoms with Gasteiger partial charge in [-0.2, -0.15) is 5.26 Å². The predicted molar refractivity (Wildman–Crippen MR) is 76.1 cm³/mol. The van der Waals surface area contributed by atoms with Crippen molar-refractivity contribution in [2.75, 3.05) is 0 Å². The van der Waals surface area contributed by atoms with Gasteiger partial charge in [-0.1, -0.05) is 6.07 Å². The van der Waals surface area contributed by atoms with Crippen LogP contribution in [0.25, 0.3) is 11.0 Å². The summed E-state index contributed by atoms with van der Waals surface area (Å²) >= 11 is 0. The summed E-state index contributed by atoms with van der Waals surface area (Å²) in [4.78, 5) is 7.91. The topological polar surface area (TPSA) is 65.6 Å². The zero-order valence-electron chi connectivity index (χ0n) is 11.1. The fourth-order valence-electron chi connectivity index (χ4n) is 2.28. The monoisotopic (exact) mass is 265 g/mol.